The number of rotatable bonds is 5. The molecule has 0 N–H and O–H groups in total. The van der Waals surface area contributed by atoms with Crippen molar-refractivity contribution in [3.8, 4) is 0 Å². The summed E-state index contributed by atoms with van der Waals surface area (Å²) in [6, 6.07) is 11.3. The van der Waals surface area contributed by atoms with Crippen LogP contribution in [0.5, 0.6) is 0 Å². The van der Waals surface area contributed by atoms with Crippen LogP contribution in [-0.2, 0) is 9.84 Å². The fourth-order valence-electron chi connectivity index (χ4n) is 5.26. The third kappa shape index (κ3) is 4.20. The molecule has 2 heterocycles. The van der Waals surface area contributed by atoms with E-state index in [-0.39, 0.29) is 28.8 Å². The lowest BCUT2D eigenvalue weighted by atomic mass is 9.83. The number of hydrogen-bond acceptors (Lipinski definition) is 6. The molecule has 1 aliphatic carbocycles. The summed E-state index contributed by atoms with van der Waals surface area (Å²) in [6.07, 6.45) is 3.11. The summed E-state index contributed by atoms with van der Waals surface area (Å²) in [6.45, 7) is 3.26. The zero-order chi connectivity index (χ0) is 23.9. The Bertz CT molecular complexity index is 1260. The molecule has 0 bridgehead atoms. The highest BCUT2D eigenvalue weighted by molar-refractivity contribution is 7.92. The van der Waals surface area contributed by atoms with Crippen LogP contribution in [0.25, 0.3) is 0 Å². The van der Waals surface area contributed by atoms with Gasteiger partial charge in [0.25, 0.3) is 5.91 Å². The molecule has 8 heteroatoms. The van der Waals surface area contributed by atoms with Crippen LogP contribution in [0, 0.1) is 0 Å². The number of ketones is 2. The Kier molecular flexibility index (Phi) is 6.12. The number of carbonyl (C=O) groups is 3. The third-order valence-electron chi connectivity index (χ3n) is 7.30. The number of sulfone groups is 1. The lowest BCUT2D eigenvalue weighted by Gasteiger charge is -2.32. The van der Waals surface area contributed by atoms with Crippen molar-refractivity contribution in [3.05, 3.63) is 70.3 Å². The Balaban J connectivity index is 1.26. The molecule has 1 amide bonds. The average molecular weight is 481 g/mol. The SMILES string of the molecule is O=C1c2ccccc2C(=O)c2cc(C(=O)N3CCC(S(=O)(=O)CCN4CCCC4)CC3)ccc21. The van der Waals surface area contributed by atoms with Crippen molar-refractivity contribution in [1.82, 2.24) is 9.80 Å². The molecule has 7 nitrogen and oxygen atoms in total. The number of benzene rings is 2. The van der Waals surface area contributed by atoms with E-state index in [1.165, 1.54) is 6.07 Å². The molecule has 0 unspecified atom stereocenters. The second-order valence-corrected chi connectivity index (χ2v) is 11.8. The number of piperidine rings is 1. The van der Waals surface area contributed by atoms with Crippen LogP contribution in [0.2, 0.25) is 0 Å². The van der Waals surface area contributed by atoms with Crippen LogP contribution in [0.4, 0.5) is 0 Å². The monoisotopic (exact) mass is 480 g/mol. The molecule has 2 aliphatic heterocycles. The minimum absolute atomic E-state index is 0.175. The highest BCUT2D eigenvalue weighted by Crippen LogP contribution is 2.29. The fraction of sp³-hybridized carbons (Fsp3) is 0.423. The Morgan fingerprint density at radius 3 is 2.06 bits per heavy atom. The molecule has 2 saturated heterocycles. The van der Waals surface area contributed by atoms with Crippen molar-refractivity contribution in [2.45, 2.75) is 30.9 Å². The summed E-state index contributed by atoms with van der Waals surface area (Å²) < 4.78 is 25.6. The Hall–Kier alpha value is -2.84. The van der Waals surface area contributed by atoms with E-state index in [0.29, 0.717) is 54.7 Å². The van der Waals surface area contributed by atoms with Crippen molar-refractivity contribution in [3.63, 3.8) is 0 Å². The summed E-state index contributed by atoms with van der Waals surface area (Å²) in [5.74, 6) is -0.546. The summed E-state index contributed by atoms with van der Waals surface area (Å²) in [5, 5.41) is -0.418. The van der Waals surface area contributed by atoms with Crippen LogP contribution in [0.15, 0.2) is 42.5 Å². The van der Waals surface area contributed by atoms with Gasteiger partial charge in [-0.05, 0) is 57.0 Å². The first-order chi connectivity index (χ1) is 16.3. The fourth-order valence-corrected chi connectivity index (χ4v) is 7.04. The van der Waals surface area contributed by atoms with Gasteiger partial charge in [-0.25, -0.2) is 8.42 Å². The van der Waals surface area contributed by atoms with Gasteiger partial charge in [0.1, 0.15) is 0 Å². The molecule has 0 saturated carbocycles. The maximum atomic E-state index is 13.1. The Morgan fingerprint density at radius 2 is 1.41 bits per heavy atom. The van der Waals surface area contributed by atoms with Crippen LogP contribution in [-0.4, -0.2) is 79.4 Å². The first-order valence-electron chi connectivity index (χ1n) is 11.9. The number of fused-ring (bicyclic) bond motifs is 2. The predicted octanol–water partition coefficient (Wildman–Crippen LogP) is 2.58. The molecule has 34 heavy (non-hydrogen) atoms. The molecule has 2 aromatic carbocycles. The predicted molar refractivity (Wildman–Crippen MR) is 128 cm³/mol. The molecular formula is C26H28N2O5S. The molecule has 0 atom stereocenters. The van der Waals surface area contributed by atoms with E-state index in [2.05, 4.69) is 4.90 Å². The van der Waals surface area contributed by atoms with Crippen molar-refractivity contribution in [1.29, 1.82) is 0 Å². The van der Waals surface area contributed by atoms with E-state index in [1.807, 2.05) is 0 Å². The minimum Gasteiger partial charge on any atom is -0.339 e. The van der Waals surface area contributed by atoms with Gasteiger partial charge in [0.2, 0.25) is 0 Å². The highest BCUT2D eigenvalue weighted by Gasteiger charge is 2.34. The van der Waals surface area contributed by atoms with Gasteiger partial charge in [0.05, 0.1) is 11.0 Å². The first-order valence-corrected chi connectivity index (χ1v) is 13.6. The molecular weight excluding hydrogens is 452 g/mol. The zero-order valence-corrected chi connectivity index (χ0v) is 19.9. The van der Waals surface area contributed by atoms with Crippen LogP contribution in [0.1, 0.15) is 67.9 Å². The molecule has 2 aromatic rings. The molecule has 0 spiro atoms. The van der Waals surface area contributed by atoms with Gasteiger partial charge in [-0.3, -0.25) is 14.4 Å². The number of nitrogens with zero attached hydrogens (tertiary/aromatic N) is 2. The van der Waals surface area contributed by atoms with Gasteiger partial charge in [0.15, 0.2) is 21.4 Å². The molecule has 5 rings (SSSR count). The number of carbonyl (C=O) groups excluding carboxylic acids is 3. The maximum absolute atomic E-state index is 13.1. The summed E-state index contributed by atoms with van der Waals surface area (Å²) in [7, 11) is -3.20. The largest absolute Gasteiger partial charge is 0.339 e. The topological polar surface area (TPSA) is 91.8 Å². The lowest BCUT2D eigenvalue weighted by Crippen LogP contribution is -2.44. The second kappa shape index (κ2) is 9.07. The van der Waals surface area contributed by atoms with Gasteiger partial charge in [-0.15, -0.1) is 0 Å². The van der Waals surface area contributed by atoms with E-state index in [9.17, 15) is 22.8 Å². The van der Waals surface area contributed by atoms with Crippen molar-refractivity contribution >= 4 is 27.3 Å². The average Bonchev–Trinajstić information content (AvgIpc) is 3.39. The van der Waals surface area contributed by atoms with Gasteiger partial charge >= 0.3 is 0 Å². The van der Waals surface area contributed by atoms with Crippen molar-refractivity contribution in [2.24, 2.45) is 0 Å². The quantitative estimate of drug-likeness (QED) is 0.557. The number of hydrogen-bond donors (Lipinski definition) is 0. The lowest BCUT2D eigenvalue weighted by molar-refractivity contribution is 0.0725. The first kappa shape index (κ1) is 22.9. The van der Waals surface area contributed by atoms with Gasteiger partial charge in [-0.1, -0.05) is 24.3 Å². The summed E-state index contributed by atoms with van der Waals surface area (Å²) in [4.78, 5) is 42.8. The van der Waals surface area contributed by atoms with Crippen molar-refractivity contribution < 1.29 is 22.8 Å². The van der Waals surface area contributed by atoms with Gasteiger partial charge in [-0.2, -0.15) is 0 Å². The van der Waals surface area contributed by atoms with E-state index >= 15 is 0 Å². The standard InChI is InChI=1S/C26H28N2O5S/c29-24-20-5-1-2-6-21(20)25(30)23-17-18(7-8-22(23)24)26(31)28-13-9-19(10-14-28)34(32,33)16-15-27-11-3-4-12-27/h1-2,5-8,17,19H,3-4,9-16H2. The Labute approximate surface area is 199 Å². The maximum Gasteiger partial charge on any atom is 0.253 e. The smallest absolute Gasteiger partial charge is 0.253 e. The molecule has 3 aliphatic rings. The van der Waals surface area contributed by atoms with Crippen LogP contribution in [0.3, 0.4) is 0 Å². The Morgan fingerprint density at radius 1 is 0.824 bits per heavy atom. The second-order valence-electron chi connectivity index (χ2n) is 9.37. The molecule has 2 fully saturated rings. The molecule has 0 radical (unpaired) electrons. The van der Waals surface area contributed by atoms with E-state index in [1.54, 1.807) is 41.3 Å². The van der Waals surface area contributed by atoms with E-state index in [0.717, 1.165) is 25.9 Å². The summed E-state index contributed by atoms with van der Waals surface area (Å²) in [5.41, 5.74) is 1.63. The molecule has 178 valence electrons. The molecule has 0 aromatic heterocycles. The van der Waals surface area contributed by atoms with E-state index in [4.69, 9.17) is 0 Å². The zero-order valence-electron chi connectivity index (χ0n) is 19.0. The van der Waals surface area contributed by atoms with Crippen LogP contribution < -0.4 is 0 Å². The van der Waals surface area contributed by atoms with Gasteiger partial charge in [0, 0.05) is 47.5 Å². The number of amides is 1. The third-order valence-corrected chi connectivity index (χ3v) is 9.54. The van der Waals surface area contributed by atoms with Crippen molar-refractivity contribution in [2.75, 3.05) is 38.5 Å². The highest BCUT2D eigenvalue weighted by atomic mass is 32.2. The van der Waals surface area contributed by atoms with Crippen LogP contribution >= 0.6 is 0 Å². The normalized spacial score (nSPS) is 19.2. The summed E-state index contributed by atoms with van der Waals surface area (Å²) >= 11 is 0. The number of likely N-dealkylation sites (tertiary alicyclic amines) is 2. The minimum atomic E-state index is -3.20. The van der Waals surface area contributed by atoms with Gasteiger partial charge < -0.3 is 9.80 Å². The van der Waals surface area contributed by atoms with E-state index < -0.39 is 15.1 Å².